The molecule has 4 N–H and O–H groups in total. The Morgan fingerprint density at radius 3 is 2.41 bits per heavy atom. The Bertz CT molecular complexity index is 381. The number of aryl methyl sites for hydroxylation is 1. The van der Waals surface area contributed by atoms with Crippen molar-refractivity contribution < 1.29 is 9.50 Å². The van der Waals surface area contributed by atoms with E-state index >= 15 is 0 Å². The molecule has 4 heteroatoms. The van der Waals surface area contributed by atoms with E-state index in [1.54, 1.807) is 13.0 Å². The molecular formula is C13H21FN2O. The second-order valence-electron chi connectivity index (χ2n) is 4.46. The summed E-state index contributed by atoms with van der Waals surface area (Å²) in [5, 5.41) is 12.7. The van der Waals surface area contributed by atoms with Crippen molar-refractivity contribution in [3.8, 4) is 0 Å². The molecule has 0 aromatic heterocycles. The van der Waals surface area contributed by atoms with Gasteiger partial charge in [-0.15, -0.1) is 0 Å². The van der Waals surface area contributed by atoms with Crippen molar-refractivity contribution in [3.05, 3.63) is 23.5 Å². The number of hydrogen-bond acceptors (Lipinski definition) is 3. The summed E-state index contributed by atoms with van der Waals surface area (Å²) >= 11 is 0. The van der Waals surface area contributed by atoms with Crippen molar-refractivity contribution in [2.24, 2.45) is 0 Å². The van der Waals surface area contributed by atoms with E-state index in [0.29, 0.717) is 16.9 Å². The monoisotopic (exact) mass is 240 g/mol. The first-order valence-electron chi connectivity index (χ1n) is 5.92. The van der Waals surface area contributed by atoms with Crippen molar-refractivity contribution in [3.63, 3.8) is 0 Å². The molecule has 1 aromatic rings. The quantitative estimate of drug-likeness (QED) is 0.693. The van der Waals surface area contributed by atoms with Gasteiger partial charge in [-0.3, -0.25) is 0 Å². The van der Waals surface area contributed by atoms with Crippen LogP contribution in [-0.2, 0) is 0 Å². The largest absolute Gasteiger partial charge is 0.397 e. The van der Waals surface area contributed by atoms with E-state index in [-0.39, 0.29) is 12.4 Å². The average molecular weight is 240 g/mol. The molecular weight excluding hydrogens is 219 g/mol. The molecule has 0 aliphatic rings. The van der Waals surface area contributed by atoms with Crippen LogP contribution in [0.3, 0.4) is 0 Å². The van der Waals surface area contributed by atoms with Crippen LogP contribution in [0.1, 0.15) is 32.3 Å². The lowest BCUT2D eigenvalue weighted by Crippen LogP contribution is -2.41. The van der Waals surface area contributed by atoms with Crippen LogP contribution in [0.25, 0.3) is 0 Å². The predicted octanol–water partition coefficient (Wildman–Crippen LogP) is 2.68. The van der Waals surface area contributed by atoms with E-state index in [9.17, 15) is 9.50 Å². The number of nitrogens with one attached hydrogen (secondary N) is 1. The number of anilines is 2. The van der Waals surface area contributed by atoms with Gasteiger partial charge >= 0.3 is 0 Å². The summed E-state index contributed by atoms with van der Waals surface area (Å²) in [6.07, 6.45) is 1.55. The minimum Gasteiger partial charge on any atom is -0.397 e. The summed E-state index contributed by atoms with van der Waals surface area (Å²) in [5.41, 5.74) is 6.98. The highest BCUT2D eigenvalue weighted by Crippen LogP contribution is 2.28. The second kappa shape index (κ2) is 5.36. The van der Waals surface area contributed by atoms with Crippen LogP contribution in [0.15, 0.2) is 12.1 Å². The van der Waals surface area contributed by atoms with Gasteiger partial charge in [-0.05, 0) is 37.5 Å². The summed E-state index contributed by atoms with van der Waals surface area (Å²) in [4.78, 5) is 0. The molecule has 0 atom stereocenters. The van der Waals surface area contributed by atoms with E-state index in [2.05, 4.69) is 5.32 Å². The summed E-state index contributed by atoms with van der Waals surface area (Å²) in [6, 6.07) is 2.99. The number of nitrogen functional groups attached to an aromatic ring is 1. The summed E-state index contributed by atoms with van der Waals surface area (Å²) in [6.45, 7) is 5.72. The van der Waals surface area contributed by atoms with E-state index in [1.165, 1.54) is 6.07 Å². The predicted molar refractivity (Wildman–Crippen MR) is 69.6 cm³/mol. The van der Waals surface area contributed by atoms with Gasteiger partial charge in [0.2, 0.25) is 0 Å². The fourth-order valence-corrected chi connectivity index (χ4v) is 1.78. The Hall–Kier alpha value is -1.29. The molecule has 0 spiro atoms. The van der Waals surface area contributed by atoms with Crippen molar-refractivity contribution in [2.45, 2.75) is 39.2 Å². The average Bonchev–Trinajstić information content (AvgIpc) is 2.33. The number of rotatable bonds is 5. The molecule has 0 fully saturated rings. The summed E-state index contributed by atoms with van der Waals surface area (Å²) in [7, 11) is 0. The SMILES string of the molecule is CCC(CC)(CO)Nc1cc(C)c(F)cc1N. The van der Waals surface area contributed by atoms with Gasteiger partial charge in [0.25, 0.3) is 0 Å². The minimum absolute atomic E-state index is 0.0237. The lowest BCUT2D eigenvalue weighted by Gasteiger charge is -2.32. The Balaban J connectivity index is 3.05. The summed E-state index contributed by atoms with van der Waals surface area (Å²) < 4.78 is 13.3. The Kier molecular flexibility index (Phi) is 4.34. The molecule has 0 radical (unpaired) electrons. The van der Waals surface area contributed by atoms with Crippen LogP contribution >= 0.6 is 0 Å². The van der Waals surface area contributed by atoms with Crippen molar-refractivity contribution in [1.82, 2.24) is 0 Å². The highest BCUT2D eigenvalue weighted by atomic mass is 19.1. The fourth-order valence-electron chi connectivity index (χ4n) is 1.78. The maximum absolute atomic E-state index is 13.3. The molecule has 0 bridgehead atoms. The van der Waals surface area contributed by atoms with Gasteiger partial charge < -0.3 is 16.2 Å². The van der Waals surface area contributed by atoms with Gasteiger partial charge in [-0.2, -0.15) is 0 Å². The van der Waals surface area contributed by atoms with Gasteiger partial charge in [0.05, 0.1) is 23.5 Å². The van der Waals surface area contributed by atoms with Gasteiger partial charge in [-0.1, -0.05) is 13.8 Å². The second-order valence-corrected chi connectivity index (χ2v) is 4.46. The normalized spacial score (nSPS) is 11.6. The fraction of sp³-hybridized carbons (Fsp3) is 0.538. The van der Waals surface area contributed by atoms with E-state index < -0.39 is 5.54 Å². The maximum atomic E-state index is 13.3. The third-order valence-corrected chi connectivity index (χ3v) is 3.39. The zero-order valence-corrected chi connectivity index (χ0v) is 10.7. The Morgan fingerprint density at radius 1 is 1.35 bits per heavy atom. The first-order chi connectivity index (χ1) is 7.98. The molecule has 0 saturated carbocycles. The van der Waals surface area contributed by atoms with Crippen LogP contribution in [0, 0.1) is 12.7 Å². The number of halogens is 1. The highest BCUT2D eigenvalue weighted by molar-refractivity contribution is 5.68. The van der Waals surface area contributed by atoms with Crippen molar-refractivity contribution >= 4 is 11.4 Å². The molecule has 0 amide bonds. The first-order valence-corrected chi connectivity index (χ1v) is 5.92. The molecule has 0 aliphatic carbocycles. The number of aliphatic hydroxyl groups is 1. The molecule has 17 heavy (non-hydrogen) atoms. The zero-order valence-electron chi connectivity index (χ0n) is 10.7. The van der Waals surface area contributed by atoms with E-state index in [1.807, 2.05) is 13.8 Å². The van der Waals surface area contributed by atoms with Crippen molar-refractivity contribution in [1.29, 1.82) is 0 Å². The number of nitrogens with two attached hydrogens (primary N) is 1. The molecule has 0 unspecified atom stereocenters. The van der Waals surface area contributed by atoms with Gasteiger partial charge in [0.1, 0.15) is 5.82 Å². The van der Waals surface area contributed by atoms with Crippen LogP contribution in [-0.4, -0.2) is 17.3 Å². The van der Waals surface area contributed by atoms with Gasteiger partial charge in [-0.25, -0.2) is 4.39 Å². The maximum Gasteiger partial charge on any atom is 0.128 e. The standard InChI is InChI=1S/C13H21FN2O/c1-4-13(5-2,8-17)16-12-6-9(3)10(14)7-11(12)15/h6-7,16-17H,4-5,8,15H2,1-3H3. The zero-order chi connectivity index (χ0) is 13.1. The van der Waals surface area contributed by atoms with Crippen LogP contribution < -0.4 is 11.1 Å². The smallest absolute Gasteiger partial charge is 0.128 e. The Morgan fingerprint density at radius 2 is 1.94 bits per heavy atom. The Labute approximate surface area is 102 Å². The van der Waals surface area contributed by atoms with Crippen LogP contribution in [0.5, 0.6) is 0 Å². The molecule has 96 valence electrons. The number of benzene rings is 1. The molecule has 0 heterocycles. The topological polar surface area (TPSA) is 58.3 Å². The number of aliphatic hydroxyl groups excluding tert-OH is 1. The third kappa shape index (κ3) is 2.88. The van der Waals surface area contributed by atoms with Gasteiger partial charge in [0, 0.05) is 0 Å². The highest BCUT2D eigenvalue weighted by Gasteiger charge is 2.25. The lowest BCUT2D eigenvalue weighted by atomic mass is 9.93. The van der Waals surface area contributed by atoms with E-state index in [4.69, 9.17) is 5.73 Å². The summed E-state index contributed by atoms with van der Waals surface area (Å²) in [5.74, 6) is -0.310. The first kappa shape index (κ1) is 13.8. The lowest BCUT2D eigenvalue weighted by molar-refractivity contribution is 0.202. The van der Waals surface area contributed by atoms with E-state index in [0.717, 1.165) is 12.8 Å². The molecule has 0 saturated heterocycles. The molecule has 1 rings (SSSR count). The van der Waals surface area contributed by atoms with Crippen molar-refractivity contribution in [2.75, 3.05) is 17.7 Å². The third-order valence-electron chi connectivity index (χ3n) is 3.39. The van der Waals surface area contributed by atoms with Gasteiger partial charge in [0.15, 0.2) is 0 Å². The molecule has 3 nitrogen and oxygen atoms in total. The number of hydrogen-bond donors (Lipinski definition) is 3. The van der Waals surface area contributed by atoms with Crippen LogP contribution in [0.4, 0.5) is 15.8 Å². The molecule has 1 aromatic carbocycles. The van der Waals surface area contributed by atoms with Crippen LogP contribution in [0.2, 0.25) is 0 Å². The minimum atomic E-state index is -0.390. The molecule has 0 aliphatic heterocycles.